The van der Waals surface area contributed by atoms with Gasteiger partial charge in [0.15, 0.2) is 0 Å². The Kier molecular flexibility index (Phi) is 5.43. The zero-order chi connectivity index (χ0) is 17.0. The SMILES string of the molecule is CCc1cccc2c(CCNC(=O)C(C)NS(C)(=O)=O)c[nH]c12. The second kappa shape index (κ2) is 7.14. The summed E-state index contributed by atoms with van der Waals surface area (Å²) in [6.07, 6.45) is 4.65. The van der Waals surface area contributed by atoms with Crippen LogP contribution in [0.4, 0.5) is 0 Å². The first kappa shape index (κ1) is 17.5. The Balaban J connectivity index is 1.96. The predicted octanol–water partition coefficient (Wildman–Crippen LogP) is 1.33. The molecule has 1 heterocycles. The summed E-state index contributed by atoms with van der Waals surface area (Å²) in [4.78, 5) is 15.2. The summed E-state index contributed by atoms with van der Waals surface area (Å²) in [5.41, 5.74) is 3.55. The van der Waals surface area contributed by atoms with Crippen molar-refractivity contribution in [1.29, 1.82) is 0 Å². The highest BCUT2D eigenvalue weighted by Gasteiger charge is 2.16. The van der Waals surface area contributed by atoms with E-state index >= 15 is 0 Å². The molecule has 1 aromatic heterocycles. The number of hydrogen-bond acceptors (Lipinski definition) is 3. The van der Waals surface area contributed by atoms with Crippen LogP contribution in [0, 0.1) is 0 Å². The number of nitrogens with one attached hydrogen (secondary N) is 3. The lowest BCUT2D eigenvalue weighted by Gasteiger charge is -2.12. The lowest BCUT2D eigenvalue weighted by Crippen LogP contribution is -2.44. The normalized spacial score (nSPS) is 13.2. The summed E-state index contributed by atoms with van der Waals surface area (Å²) < 4.78 is 24.5. The summed E-state index contributed by atoms with van der Waals surface area (Å²) in [5.74, 6) is -0.329. The molecular formula is C16H23N3O3S. The van der Waals surface area contributed by atoms with E-state index in [9.17, 15) is 13.2 Å². The van der Waals surface area contributed by atoms with Crippen molar-refractivity contribution in [2.45, 2.75) is 32.7 Å². The van der Waals surface area contributed by atoms with Crippen LogP contribution in [-0.4, -0.2) is 38.2 Å². The molecule has 0 aliphatic heterocycles. The van der Waals surface area contributed by atoms with Crippen molar-refractivity contribution in [3.63, 3.8) is 0 Å². The number of carbonyl (C=O) groups is 1. The first-order valence-electron chi connectivity index (χ1n) is 7.64. The van der Waals surface area contributed by atoms with E-state index in [0.29, 0.717) is 13.0 Å². The van der Waals surface area contributed by atoms with Crippen molar-refractivity contribution in [1.82, 2.24) is 15.0 Å². The summed E-state index contributed by atoms with van der Waals surface area (Å²) in [7, 11) is -3.39. The molecule has 2 rings (SSSR count). The van der Waals surface area contributed by atoms with Gasteiger partial charge in [0.05, 0.1) is 12.3 Å². The molecule has 1 atom stereocenters. The number of aromatic amines is 1. The largest absolute Gasteiger partial charge is 0.361 e. The van der Waals surface area contributed by atoms with Gasteiger partial charge in [0.1, 0.15) is 0 Å². The van der Waals surface area contributed by atoms with Crippen molar-refractivity contribution in [2.24, 2.45) is 0 Å². The van der Waals surface area contributed by atoms with Gasteiger partial charge in [-0.2, -0.15) is 0 Å². The lowest BCUT2D eigenvalue weighted by molar-refractivity contribution is -0.122. The fourth-order valence-electron chi connectivity index (χ4n) is 2.62. The van der Waals surface area contributed by atoms with E-state index in [1.54, 1.807) is 0 Å². The van der Waals surface area contributed by atoms with Gasteiger partial charge in [-0.05, 0) is 30.9 Å². The third kappa shape index (κ3) is 4.56. The van der Waals surface area contributed by atoms with E-state index in [1.165, 1.54) is 17.9 Å². The van der Waals surface area contributed by atoms with Crippen LogP contribution < -0.4 is 10.0 Å². The van der Waals surface area contributed by atoms with E-state index < -0.39 is 16.1 Å². The van der Waals surface area contributed by atoms with Crippen LogP contribution in [0.1, 0.15) is 25.0 Å². The quantitative estimate of drug-likeness (QED) is 0.712. The van der Waals surface area contributed by atoms with Crippen LogP contribution in [-0.2, 0) is 27.7 Å². The van der Waals surface area contributed by atoms with Gasteiger partial charge in [-0.15, -0.1) is 0 Å². The molecule has 2 aromatic rings. The maximum atomic E-state index is 11.9. The maximum Gasteiger partial charge on any atom is 0.237 e. The molecule has 1 aromatic carbocycles. The molecule has 6 nitrogen and oxygen atoms in total. The van der Waals surface area contributed by atoms with Gasteiger partial charge in [0.2, 0.25) is 15.9 Å². The molecule has 7 heteroatoms. The van der Waals surface area contributed by atoms with Crippen molar-refractivity contribution in [3.05, 3.63) is 35.5 Å². The molecule has 1 amide bonds. The minimum absolute atomic E-state index is 0.329. The predicted molar refractivity (Wildman–Crippen MR) is 91.8 cm³/mol. The molecule has 23 heavy (non-hydrogen) atoms. The Morgan fingerprint density at radius 2 is 2.04 bits per heavy atom. The Labute approximate surface area is 136 Å². The molecule has 3 N–H and O–H groups in total. The monoisotopic (exact) mass is 337 g/mol. The molecule has 0 fully saturated rings. The van der Waals surface area contributed by atoms with E-state index in [0.717, 1.165) is 23.8 Å². The molecule has 0 radical (unpaired) electrons. The lowest BCUT2D eigenvalue weighted by atomic mass is 10.1. The molecule has 1 unspecified atom stereocenters. The summed E-state index contributed by atoms with van der Waals surface area (Å²) in [6.45, 7) is 4.10. The average Bonchev–Trinajstić information content (AvgIpc) is 2.88. The number of para-hydroxylation sites is 1. The number of aromatic nitrogens is 1. The van der Waals surface area contributed by atoms with Crippen LogP contribution in [0.25, 0.3) is 10.9 Å². The fraction of sp³-hybridized carbons (Fsp3) is 0.438. The highest BCUT2D eigenvalue weighted by Crippen LogP contribution is 2.22. The van der Waals surface area contributed by atoms with E-state index in [1.807, 2.05) is 12.3 Å². The summed E-state index contributed by atoms with van der Waals surface area (Å²) in [5, 5.41) is 3.92. The topological polar surface area (TPSA) is 91.1 Å². The van der Waals surface area contributed by atoms with E-state index in [4.69, 9.17) is 0 Å². The second-order valence-corrected chi connectivity index (χ2v) is 7.44. The molecule has 0 spiro atoms. The zero-order valence-corrected chi connectivity index (χ0v) is 14.5. The number of H-pyrrole nitrogens is 1. The highest BCUT2D eigenvalue weighted by atomic mass is 32.2. The van der Waals surface area contributed by atoms with Crippen LogP contribution in [0.15, 0.2) is 24.4 Å². The van der Waals surface area contributed by atoms with Gasteiger partial charge in [-0.25, -0.2) is 13.1 Å². The van der Waals surface area contributed by atoms with Crippen molar-refractivity contribution in [3.8, 4) is 0 Å². The second-order valence-electron chi connectivity index (χ2n) is 5.66. The Morgan fingerprint density at radius 1 is 1.30 bits per heavy atom. The van der Waals surface area contributed by atoms with E-state index in [2.05, 4.69) is 34.1 Å². The third-order valence-electron chi connectivity index (χ3n) is 3.75. The number of amides is 1. The smallest absolute Gasteiger partial charge is 0.237 e. The third-order valence-corrected chi connectivity index (χ3v) is 4.53. The van der Waals surface area contributed by atoms with Gasteiger partial charge in [0.25, 0.3) is 0 Å². The number of rotatable bonds is 7. The molecule has 0 bridgehead atoms. The minimum atomic E-state index is -3.39. The molecule has 0 saturated carbocycles. The van der Waals surface area contributed by atoms with Crippen molar-refractivity contribution < 1.29 is 13.2 Å². The first-order valence-corrected chi connectivity index (χ1v) is 9.54. The van der Waals surface area contributed by atoms with E-state index in [-0.39, 0.29) is 5.91 Å². The van der Waals surface area contributed by atoms with Crippen molar-refractivity contribution >= 4 is 26.8 Å². The van der Waals surface area contributed by atoms with Crippen molar-refractivity contribution in [2.75, 3.05) is 12.8 Å². The molecule has 0 aliphatic rings. The van der Waals surface area contributed by atoms with Gasteiger partial charge in [-0.1, -0.05) is 25.1 Å². The Bertz CT molecular complexity index is 796. The minimum Gasteiger partial charge on any atom is -0.361 e. The fourth-order valence-corrected chi connectivity index (χ4v) is 3.37. The van der Waals surface area contributed by atoms with Gasteiger partial charge < -0.3 is 10.3 Å². The number of fused-ring (bicyclic) bond motifs is 1. The highest BCUT2D eigenvalue weighted by molar-refractivity contribution is 7.88. The number of sulfonamides is 1. The maximum absolute atomic E-state index is 11.9. The summed E-state index contributed by atoms with van der Waals surface area (Å²) >= 11 is 0. The van der Waals surface area contributed by atoms with Crippen LogP contribution >= 0.6 is 0 Å². The molecule has 126 valence electrons. The van der Waals surface area contributed by atoms with Gasteiger partial charge >= 0.3 is 0 Å². The van der Waals surface area contributed by atoms with Gasteiger partial charge in [-0.3, -0.25) is 4.79 Å². The van der Waals surface area contributed by atoms with Crippen LogP contribution in [0.2, 0.25) is 0 Å². The Morgan fingerprint density at radius 3 is 2.70 bits per heavy atom. The molecule has 0 saturated heterocycles. The van der Waals surface area contributed by atoms with Crippen LogP contribution in [0.3, 0.4) is 0 Å². The number of benzene rings is 1. The van der Waals surface area contributed by atoms with Crippen LogP contribution in [0.5, 0.6) is 0 Å². The van der Waals surface area contributed by atoms with Gasteiger partial charge in [0, 0.05) is 23.6 Å². The standard InChI is InChI=1S/C16H23N3O3S/c1-4-12-6-5-7-14-13(10-18-15(12)14)8-9-17-16(20)11(2)19-23(3,21)22/h5-7,10-11,18-19H,4,8-9H2,1-3H3,(H,17,20). The molecular weight excluding hydrogens is 314 g/mol. The average molecular weight is 337 g/mol. The summed E-state index contributed by atoms with van der Waals surface area (Å²) in [6, 6.07) is 5.42. The Hall–Kier alpha value is -1.86. The number of carbonyl (C=O) groups excluding carboxylic acids is 1. The molecule has 0 aliphatic carbocycles. The zero-order valence-electron chi connectivity index (χ0n) is 13.6. The number of hydrogen-bond donors (Lipinski definition) is 3. The number of aryl methyl sites for hydroxylation is 1. The first-order chi connectivity index (χ1) is 10.8.